The van der Waals surface area contributed by atoms with Gasteiger partial charge in [0.2, 0.25) is 0 Å². The van der Waals surface area contributed by atoms with Crippen LogP contribution in [-0.4, -0.2) is 65.7 Å². The number of ether oxygens (including phenoxy) is 3. The van der Waals surface area contributed by atoms with Crippen LogP contribution >= 0.6 is 0 Å². The van der Waals surface area contributed by atoms with Crippen molar-refractivity contribution < 1.29 is 34.3 Å². The van der Waals surface area contributed by atoms with Gasteiger partial charge in [0.15, 0.2) is 0 Å². The maximum absolute atomic E-state index is 11.9. The summed E-state index contributed by atoms with van der Waals surface area (Å²) >= 11 is 0. The zero-order chi connectivity index (χ0) is 22.1. The molecule has 30 heavy (non-hydrogen) atoms. The van der Waals surface area contributed by atoms with Crippen molar-refractivity contribution in [3.63, 3.8) is 0 Å². The molecule has 2 unspecified atom stereocenters. The van der Waals surface area contributed by atoms with Crippen LogP contribution in [-0.2, 0) is 19.0 Å². The van der Waals surface area contributed by atoms with E-state index in [1.165, 1.54) is 57.8 Å². The SMILES string of the molecule is CCCCCCCCCCCCCCCC(O)C(O)(O)C(=O)OCC1COCCO1. The number of esters is 1. The second-order valence-corrected chi connectivity index (χ2v) is 8.44. The lowest BCUT2D eigenvalue weighted by Gasteiger charge is -2.27. The normalized spacial score (nSPS) is 18.3. The van der Waals surface area contributed by atoms with E-state index in [1.807, 2.05) is 0 Å². The number of aliphatic hydroxyl groups is 3. The molecular formula is C23H44O7. The van der Waals surface area contributed by atoms with Gasteiger partial charge in [-0.05, 0) is 6.42 Å². The molecular weight excluding hydrogens is 388 g/mol. The average molecular weight is 433 g/mol. The topological polar surface area (TPSA) is 105 Å². The van der Waals surface area contributed by atoms with Crippen molar-refractivity contribution in [2.24, 2.45) is 0 Å². The van der Waals surface area contributed by atoms with Crippen LogP contribution in [0, 0.1) is 0 Å². The lowest BCUT2D eigenvalue weighted by molar-refractivity contribution is -0.245. The van der Waals surface area contributed by atoms with Crippen molar-refractivity contribution in [2.45, 2.75) is 115 Å². The standard InChI is InChI=1S/C23H44O7/c1-2-3-4-5-6-7-8-9-10-11-12-13-14-15-21(24)23(26,27)22(25)30-19-20-18-28-16-17-29-20/h20-21,24,26-27H,2-19H2,1H3. The number of carbonyl (C=O) groups excluding carboxylic acids is 1. The first-order chi connectivity index (χ1) is 14.5. The second kappa shape index (κ2) is 16.9. The van der Waals surface area contributed by atoms with E-state index in [0.29, 0.717) is 26.2 Å². The van der Waals surface area contributed by atoms with E-state index in [1.54, 1.807) is 0 Å². The summed E-state index contributed by atoms with van der Waals surface area (Å²) in [6.45, 7) is 3.30. The van der Waals surface area contributed by atoms with E-state index in [0.717, 1.165) is 19.3 Å². The van der Waals surface area contributed by atoms with Gasteiger partial charge in [0.25, 0.3) is 5.79 Å². The van der Waals surface area contributed by atoms with Crippen molar-refractivity contribution in [3.05, 3.63) is 0 Å². The number of aliphatic hydroxyl groups excluding tert-OH is 1. The number of unbranched alkanes of at least 4 members (excludes halogenated alkanes) is 12. The minimum Gasteiger partial charge on any atom is -0.459 e. The number of hydrogen-bond donors (Lipinski definition) is 3. The molecule has 1 aliphatic heterocycles. The van der Waals surface area contributed by atoms with Crippen LogP contribution in [0.5, 0.6) is 0 Å². The highest BCUT2D eigenvalue weighted by molar-refractivity contribution is 5.77. The molecule has 0 aromatic carbocycles. The molecule has 0 bridgehead atoms. The Kier molecular flexibility index (Phi) is 15.4. The molecule has 0 aromatic heterocycles. The molecule has 7 nitrogen and oxygen atoms in total. The molecule has 0 aliphatic carbocycles. The Bertz CT molecular complexity index is 422. The van der Waals surface area contributed by atoms with Gasteiger partial charge in [-0.15, -0.1) is 0 Å². The molecule has 7 heteroatoms. The maximum atomic E-state index is 11.9. The summed E-state index contributed by atoms with van der Waals surface area (Å²) < 4.78 is 15.4. The third kappa shape index (κ3) is 12.2. The average Bonchev–Trinajstić information content (AvgIpc) is 2.75. The summed E-state index contributed by atoms with van der Waals surface area (Å²) in [5.74, 6) is -4.15. The lowest BCUT2D eigenvalue weighted by Crippen LogP contribution is -2.51. The first kappa shape index (κ1) is 27.3. The minimum absolute atomic E-state index is 0.132. The number of carbonyl (C=O) groups is 1. The summed E-state index contributed by atoms with van der Waals surface area (Å²) in [4.78, 5) is 11.9. The van der Waals surface area contributed by atoms with Crippen LogP contribution in [0.4, 0.5) is 0 Å². The van der Waals surface area contributed by atoms with Crippen LogP contribution in [0.25, 0.3) is 0 Å². The molecule has 1 saturated heterocycles. The molecule has 0 aromatic rings. The summed E-state index contributed by atoms with van der Waals surface area (Å²) in [6.07, 6.45) is 13.8. The van der Waals surface area contributed by atoms with Crippen LogP contribution in [0.1, 0.15) is 96.8 Å². The van der Waals surface area contributed by atoms with E-state index < -0.39 is 24.0 Å². The molecule has 1 fully saturated rings. The molecule has 0 amide bonds. The van der Waals surface area contributed by atoms with Crippen molar-refractivity contribution in [1.29, 1.82) is 0 Å². The minimum atomic E-state index is -2.90. The fourth-order valence-corrected chi connectivity index (χ4v) is 3.60. The highest BCUT2D eigenvalue weighted by Gasteiger charge is 2.43. The van der Waals surface area contributed by atoms with E-state index >= 15 is 0 Å². The predicted molar refractivity (Wildman–Crippen MR) is 115 cm³/mol. The van der Waals surface area contributed by atoms with E-state index in [4.69, 9.17) is 14.2 Å². The maximum Gasteiger partial charge on any atom is 0.369 e. The van der Waals surface area contributed by atoms with Crippen LogP contribution < -0.4 is 0 Å². The zero-order valence-corrected chi connectivity index (χ0v) is 18.9. The molecule has 1 aliphatic rings. The monoisotopic (exact) mass is 432 g/mol. The lowest BCUT2D eigenvalue weighted by atomic mass is 10.0. The smallest absolute Gasteiger partial charge is 0.369 e. The fraction of sp³-hybridized carbons (Fsp3) is 0.957. The Labute approximate surface area is 182 Å². The van der Waals surface area contributed by atoms with E-state index in [-0.39, 0.29) is 13.0 Å². The Hall–Kier alpha value is -0.730. The van der Waals surface area contributed by atoms with Gasteiger partial charge in [-0.25, -0.2) is 4.79 Å². The molecule has 3 N–H and O–H groups in total. The van der Waals surface area contributed by atoms with Crippen molar-refractivity contribution in [2.75, 3.05) is 26.4 Å². The quantitative estimate of drug-likeness (QED) is 0.173. The molecule has 2 atom stereocenters. The molecule has 1 rings (SSSR count). The third-order valence-electron chi connectivity index (χ3n) is 5.63. The molecule has 1 heterocycles. The van der Waals surface area contributed by atoms with Crippen LogP contribution in [0.3, 0.4) is 0 Å². The zero-order valence-electron chi connectivity index (χ0n) is 18.9. The second-order valence-electron chi connectivity index (χ2n) is 8.44. The highest BCUT2D eigenvalue weighted by Crippen LogP contribution is 2.18. The Morgan fingerprint density at radius 1 is 0.933 bits per heavy atom. The van der Waals surface area contributed by atoms with Gasteiger partial charge in [-0.1, -0.05) is 90.4 Å². The van der Waals surface area contributed by atoms with Crippen LogP contribution in [0.2, 0.25) is 0 Å². The Morgan fingerprint density at radius 2 is 1.47 bits per heavy atom. The van der Waals surface area contributed by atoms with Gasteiger partial charge in [0.1, 0.15) is 18.8 Å². The Morgan fingerprint density at radius 3 is 1.97 bits per heavy atom. The molecule has 0 spiro atoms. The van der Waals surface area contributed by atoms with E-state index in [9.17, 15) is 20.1 Å². The molecule has 0 saturated carbocycles. The Balaban J connectivity index is 2.00. The fourth-order valence-electron chi connectivity index (χ4n) is 3.60. The largest absolute Gasteiger partial charge is 0.459 e. The van der Waals surface area contributed by atoms with Crippen LogP contribution in [0.15, 0.2) is 0 Å². The van der Waals surface area contributed by atoms with Crippen molar-refractivity contribution >= 4 is 5.97 Å². The number of rotatable bonds is 18. The van der Waals surface area contributed by atoms with Crippen molar-refractivity contribution in [3.8, 4) is 0 Å². The molecule has 178 valence electrons. The first-order valence-electron chi connectivity index (χ1n) is 12.0. The van der Waals surface area contributed by atoms with Gasteiger partial charge < -0.3 is 29.5 Å². The van der Waals surface area contributed by atoms with Crippen molar-refractivity contribution in [1.82, 2.24) is 0 Å². The third-order valence-corrected chi connectivity index (χ3v) is 5.63. The molecule has 0 radical (unpaired) electrons. The van der Waals surface area contributed by atoms with E-state index in [2.05, 4.69) is 6.92 Å². The van der Waals surface area contributed by atoms with Gasteiger partial charge in [0, 0.05) is 0 Å². The summed E-state index contributed by atoms with van der Waals surface area (Å²) in [6, 6.07) is 0. The van der Waals surface area contributed by atoms with Gasteiger partial charge in [-0.2, -0.15) is 0 Å². The van der Waals surface area contributed by atoms with Gasteiger partial charge in [0.05, 0.1) is 19.8 Å². The summed E-state index contributed by atoms with van der Waals surface area (Å²) in [5.41, 5.74) is 0. The first-order valence-corrected chi connectivity index (χ1v) is 12.0. The highest BCUT2D eigenvalue weighted by atomic mass is 16.6. The summed E-state index contributed by atoms with van der Waals surface area (Å²) in [5, 5.41) is 29.9. The van der Waals surface area contributed by atoms with Gasteiger partial charge in [-0.3, -0.25) is 0 Å². The van der Waals surface area contributed by atoms with Gasteiger partial charge >= 0.3 is 5.97 Å². The predicted octanol–water partition coefficient (Wildman–Crippen LogP) is 3.47. The number of hydrogen-bond acceptors (Lipinski definition) is 7. The summed E-state index contributed by atoms with van der Waals surface area (Å²) in [7, 11) is 0.